The maximum Gasteiger partial charge on any atom is 0.225 e. The second-order valence-corrected chi connectivity index (χ2v) is 5.93. The molecule has 1 heterocycles. The second-order valence-electron chi connectivity index (χ2n) is 5.93. The highest BCUT2D eigenvalue weighted by atomic mass is 16.5. The van der Waals surface area contributed by atoms with Crippen LogP contribution in [0, 0.1) is 19.8 Å². The summed E-state index contributed by atoms with van der Waals surface area (Å²) in [6, 6.07) is 6.13. The Kier molecular flexibility index (Phi) is 5.62. The third kappa shape index (κ3) is 4.46. The highest BCUT2D eigenvalue weighted by Crippen LogP contribution is 2.20. The average Bonchev–Trinajstić information content (AvgIpc) is 2.50. The molecular formula is C17H26N2O2. The van der Waals surface area contributed by atoms with Crippen molar-refractivity contribution in [1.82, 2.24) is 4.90 Å². The summed E-state index contributed by atoms with van der Waals surface area (Å²) in [6.45, 7) is 6.92. The van der Waals surface area contributed by atoms with Gasteiger partial charge >= 0.3 is 0 Å². The summed E-state index contributed by atoms with van der Waals surface area (Å²) >= 11 is 0. The van der Waals surface area contributed by atoms with Crippen molar-refractivity contribution >= 4 is 5.91 Å². The SMILES string of the molecule is Cc1ccc(C)c(OCCC(=O)N2CCC(CN)CC2)c1. The zero-order chi connectivity index (χ0) is 15.2. The van der Waals surface area contributed by atoms with Crippen molar-refractivity contribution in [3.8, 4) is 5.75 Å². The number of nitrogens with two attached hydrogens (primary N) is 1. The van der Waals surface area contributed by atoms with Gasteiger partial charge in [-0.3, -0.25) is 4.79 Å². The van der Waals surface area contributed by atoms with Crippen molar-refractivity contribution in [2.24, 2.45) is 11.7 Å². The summed E-state index contributed by atoms with van der Waals surface area (Å²) in [5, 5.41) is 0. The van der Waals surface area contributed by atoms with Gasteiger partial charge in [-0.1, -0.05) is 12.1 Å². The van der Waals surface area contributed by atoms with Crippen molar-refractivity contribution in [2.75, 3.05) is 26.2 Å². The number of hydrogen-bond acceptors (Lipinski definition) is 3. The van der Waals surface area contributed by atoms with Gasteiger partial charge in [0.15, 0.2) is 0 Å². The fourth-order valence-electron chi connectivity index (χ4n) is 2.69. The molecule has 0 unspecified atom stereocenters. The molecule has 21 heavy (non-hydrogen) atoms. The lowest BCUT2D eigenvalue weighted by atomic mass is 9.97. The molecule has 0 bridgehead atoms. The maximum absolute atomic E-state index is 12.1. The predicted molar refractivity (Wildman–Crippen MR) is 84.4 cm³/mol. The normalized spacial score (nSPS) is 16.0. The fraction of sp³-hybridized carbons (Fsp3) is 0.588. The number of nitrogens with zero attached hydrogens (tertiary/aromatic N) is 1. The Bertz CT molecular complexity index is 480. The van der Waals surface area contributed by atoms with Crippen LogP contribution < -0.4 is 10.5 Å². The van der Waals surface area contributed by atoms with Crippen molar-refractivity contribution in [3.05, 3.63) is 29.3 Å². The summed E-state index contributed by atoms with van der Waals surface area (Å²) in [5.41, 5.74) is 7.95. The molecule has 0 aromatic heterocycles. The summed E-state index contributed by atoms with van der Waals surface area (Å²) in [5.74, 6) is 1.65. The molecule has 1 aliphatic heterocycles. The average molecular weight is 290 g/mol. The molecule has 2 rings (SSSR count). The topological polar surface area (TPSA) is 55.6 Å². The van der Waals surface area contributed by atoms with Gasteiger partial charge in [0.2, 0.25) is 5.91 Å². The van der Waals surface area contributed by atoms with Gasteiger partial charge in [-0.25, -0.2) is 0 Å². The molecule has 0 spiro atoms. The first kappa shape index (κ1) is 15.8. The fourth-order valence-corrected chi connectivity index (χ4v) is 2.69. The van der Waals surface area contributed by atoms with Gasteiger partial charge in [-0.05, 0) is 56.3 Å². The van der Waals surface area contributed by atoms with E-state index in [1.54, 1.807) is 0 Å². The molecule has 4 nitrogen and oxygen atoms in total. The number of rotatable bonds is 5. The zero-order valence-corrected chi connectivity index (χ0v) is 13.1. The van der Waals surface area contributed by atoms with E-state index in [1.165, 1.54) is 5.56 Å². The van der Waals surface area contributed by atoms with E-state index in [9.17, 15) is 4.79 Å². The van der Waals surface area contributed by atoms with Crippen LogP contribution in [0.4, 0.5) is 0 Å². The molecule has 4 heteroatoms. The molecule has 1 aliphatic rings. The van der Waals surface area contributed by atoms with Crippen LogP contribution >= 0.6 is 0 Å². The molecule has 116 valence electrons. The summed E-state index contributed by atoms with van der Waals surface area (Å²) < 4.78 is 5.75. The number of carbonyl (C=O) groups is 1. The first-order valence-electron chi connectivity index (χ1n) is 7.78. The number of amides is 1. The highest BCUT2D eigenvalue weighted by Gasteiger charge is 2.21. The first-order chi connectivity index (χ1) is 10.1. The van der Waals surface area contributed by atoms with Crippen LogP contribution in [0.2, 0.25) is 0 Å². The molecule has 1 fully saturated rings. The first-order valence-corrected chi connectivity index (χ1v) is 7.78. The van der Waals surface area contributed by atoms with Crippen LogP contribution in [-0.2, 0) is 4.79 Å². The number of piperidine rings is 1. The molecule has 1 aromatic carbocycles. The summed E-state index contributed by atoms with van der Waals surface area (Å²) in [6.07, 6.45) is 2.50. The molecule has 0 atom stereocenters. The maximum atomic E-state index is 12.1. The monoisotopic (exact) mass is 290 g/mol. The van der Waals surface area contributed by atoms with E-state index < -0.39 is 0 Å². The van der Waals surface area contributed by atoms with Crippen LogP contribution in [-0.4, -0.2) is 37.0 Å². The molecule has 0 aliphatic carbocycles. The van der Waals surface area contributed by atoms with E-state index >= 15 is 0 Å². The summed E-state index contributed by atoms with van der Waals surface area (Å²) in [7, 11) is 0. The van der Waals surface area contributed by atoms with Crippen molar-refractivity contribution in [3.63, 3.8) is 0 Å². The van der Waals surface area contributed by atoms with Crippen LogP contribution in [0.1, 0.15) is 30.4 Å². The van der Waals surface area contributed by atoms with Gasteiger partial charge < -0.3 is 15.4 Å². The number of carbonyl (C=O) groups excluding carboxylic acids is 1. The molecule has 1 aromatic rings. The standard InChI is InChI=1S/C17H26N2O2/c1-13-3-4-14(2)16(11-13)21-10-7-17(20)19-8-5-15(12-18)6-9-19/h3-4,11,15H,5-10,12,18H2,1-2H3. The van der Waals surface area contributed by atoms with Gasteiger partial charge in [0.05, 0.1) is 13.0 Å². The van der Waals surface area contributed by atoms with E-state index in [0.29, 0.717) is 18.9 Å². The van der Waals surface area contributed by atoms with Gasteiger partial charge in [-0.15, -0.1) is 0 Å². The van der Waals surface area contributed by atoms with E-state index in [0.717, 1.165) is 43.8 Å². The second kappa shape index (κ2) is 7.46. The van der Waals surface area contributed by atoms with E-state index in [-0.39, 0.29) is 5.91 Å². The minimum absolute atomic E-state index is 0.191. The number of benzene rings is 1. The Morgan fingerprint density at radius 1 is 1.33 bits per heavy atom. The van der Waals surface area contributed by atoms with Crippen LogP contribution in [0.5, 0.6) is 5.75 Å². The molecule has 1 saturated heterocycles. The largest absolute Gasteiger partial charge is 0.493 e. The lowest BCUT2D eigenvalue weighted by Gasteiger charge is -2.31. The molecule has 1 amide bonds. The number of hydrogen-bond donors (Lipinski definition) is 1. The molecule has 0 saturated carbocycles. The smallest absolute Gasteiger partial charge is 0.225 e. The van der Waals surface area contributed by atoms with Crippen LogP contribution in [0.3, 0.4) is 0 Å². The Labute approximate surface area is 127 Å². The Morgan fingerprint density at radius 3 is 2.71 bits per heavy atom. The van der Waals surface area contributed by atoms with E-state index in [2.05, 4.69) is 6.07 Å². The third-order valence-corrected chi connectivity index (χ3v) is 4.22. The molecule has 2 N–H and O–H groups in total. The van der Waals surface area contributed by atoms with Gasteiger partial charge in [0, 0.05) is 13.1 Å². The van der Waals surface area contributed by atoms with Crippen molar-refractivity contribution < 1.29 is 9.53 Å². The van der Waals surface area contributed by atoms with Gasteiger partial charge in [0.25, 0.3) is 0 Å². The Balaban J connectivity index is 1.76. The minimum atomic E-state index is 0.191. The lowest BCUT2D eigenvalue weighted by molar-refractivity contribution is -0.133. The highest BCUT2D eigenvalue weighted by molar-refractivity contribution is 5.76. The Morgan fingerprint density at radius 2 is 2.05 bits per heavy atom. The van der Waals surface area contributed by atoms with Crippen LogP contribution in [0.15, 0.2) is 18.2 Å². The van der Waals surface area contributed by atoms with E-state index in [1.807, 2.05) is 30.9 Å². The quantitative estimate of drug-likeness (QED) is 0.905. The number of likely N-dealkylation sites (tertiary alicyclic amines) is 1. The molecule has 0 radical (unpaired) electrons. The van der Waals surface area contributed by atoms with Crippen molar-refractivity contribution in [1.29, 1.82) is 0 Å². The number of aryl methyl sites for hydroxylation is 2. The third-order valence-electron chi connectivity index (χ3n) is 4.22. The minimum Gasteiger partial charge on any atom is -0.493 e. The summed E-state index contributed by atoms with van der Waals surface area (Å²) in [4.78, 5) is 14.1. The van der Waals surface area contributed by atoms with Crippen molar-refractivity contribution in [2.45, 2.75) is 33.1 Å². The van der Waals surface area contributed by atoms with Gasteiger partial charge in [0.1, 0.15) is 5.75 Å². The Hall–Kier alpha value is -1.55. The van der Waals surface area contributed by atoms with Crippen LogP contribution in [0.25, 0.3) is 0 Å². The number of ether oxygens (including phenoxy) is 1. The molecular weight excluding hydrogens is 264 g/mol. The lowest BCUT2D eigenvalue weighted by Crippen LogP contribution is -2.40. The zero-order valence-electron chi connectivity index (χ0n) is 13.1. The van der Waals surface area contributed by atoms with Gasteiger partial charge in [-0.2, -0.15) is 0 Å². The van der Waals surface area contributed by atoms with E-state index in [4.69, 9.17) is 10.5 Å². The predicted octanol–water partition coefficient (Wildman–Crippen LogP) is 2.27.